The van der Waals surface area contributed by atoms with Crippen LogP contribution >= 0.6 is 0 Å². The Bertz CT molecular complexity index is 1370. The van der Waals surface area contributed by atoms with Crippen molar-refractivity contribution in [2.75, 3.05) is 5.32 Å². The molecule has 0 fully saturated rings. The van der Waals surface area contributed by atoms with Crippen LogP contribution in [0.2, 0.25) is 0 Å². The van der Waals surface area contributed by atoms with Crippen molar-refractivity contribution in [2.45, 2.75) is 31.7 Å². The van der Waals surface area contributed by atoms with Crippen LogP contribution in [0.4, 0.5) is 19.0 Å². The van der Waals surface area contributed by atoms with Gasteiger partial charge < -0.3 is 19.9 Å². The van der Waals surface area contributed by atoms with E-state index in [4.69, 9.17) is 4.74 Å². The van der Waals surface area contributed by atoms with E-state index < -0.39 is 23.5 Å². The summed E-state index contributed by atoms with van der Waals surface area (Å²) in [6.07, 6.45) is -2.07. The van der Waals surface area contributed by atoms with Gasteiger partial charge in [-0.3, -0.25) is 4.79 Å². The van der Waals surface area contributed by atoms with Crippen LogP contribution in [-0.4, -0.2) is 32.4 Å². The Labute approximate surface area is 216 Å². The summed E-state index contributed by atoms with van der Waals surface area (Å²) < 4.78 is 47.3. The molecule has 0 aliphatic rings. The van der Waals surface area contributed by atoms with Gasteiger partial charge in [0.2, 0.25) is 0 Å². The highest BCUT2D eigenvalue weighted by Gasteiger charge is 2.35. The predicted molar refractivity (Wildman–Crippen MR) is 132 cm³/mol. The number of nitrogens with zero attached hydrogens (tertiary/aromatic N) is 3. The number of carboxylic acids is 1. The number of pyridine rings is 1. The summed E-state index contributed by atoms with van der Waals surface area (Å²) in [4.78, 5) is 24.5. The number of nitrogens with one attached hydrogen (secondary N) is 1. The monoisotopic (exact) mass is 524 g/mol. The van der Waals surface area contributed by atoms with Crippen LogP contribution in [0.1, 0.15) is 30.2 Å². The molecule has 1 unspecified atom stereocenters. The number of carboxylic acid groups (broad SMARTS) is 1. The van der Waals surface area contributed by atoms with E-state index in [0.29, 0.717) is 23.6 Å². The highest BCUT2D eigenvalue weighted by Crippen LogP contribution is 2.36. The molecule has 1 atom stereocenters. The van der Waals surface area contributed by atoms with Gasteiger partial charge in [-0.1, -0.05) is 30.3 Å². The fourth-order valence-electron chi connectivity index (χ4n) is 3.81. The Balaban J connectivity index is 1.51. The van der Waals surface area contributed by atoms with Crippen molar-refractivity contribution in [1.29, 1.82) is 0 Å². The number of ether oxygens (including phenoxy) is 2. The second kappa shape index (κ2) is 11.2. The third-order valence-corrected chi connectivity index (χ3v) is 5.70. The molecule has 0 saturated heterocycles. The molecule has 4 rings (SSSR count). The van der Waals surface area contributed by atoms with Gasteiger partial charge in [0.25, 0.3) is 0 Å². The maximum Gasteiger partial charge on any atom is 0.573 e. The lowest BCUT2D eigenvalue weighted by molar-refractivity contribution is -0.274. The van der Waals surface area contributed by atoms with E-state index >= 15 is 0 Å². The van der Waals surface area contributed by atoms with E-state index in [0.717, 1.165) is 23.5 Å². The molecule has 0 spiro atoms. The van der Waals surface area contributed by atoms with E-state index in [-0.39, 0.29) is 12.4 Å². The molecule has 4 aromatic rings. The van der Waals surface area contributed by atoms with Crippen LogP contribution < -0.4 is 14.8 Å². The van der Waals surface area contributed by atoms with Gasteiger partial charge in [-0.2, -0.15) is 4.98 Å². The van der Waals surface area contributed by atoms with Crippen molar-refractivity contribution in [3.8, 4) is 17.5 Å². The van der Waals surface area contributed by atoms with Gasteiger partial charge in [-0.25, -0.2) is 9.97 Å². The molecule has 2 heterocycles. The minimum atomic E-state index is -4.83. The van der Waals surface area contributed by atoms with Crippen LogP contribution in [-0.2, 0) is 16.8 Å². The number of benzene rings is 2. The predicted octanol–water partition coefficient (Wildman–Crippen LogP) is 5.96. The maximum atomic E-state index is 12.5. The number of rotatable bonds is 10. The molecule has 0 saturated carbocycles. The summed E-state index contributed by atoms with van der Waals surface area (Å²) >= 11 is 0. The first kappa shape index (κ1) is 26.4. The Morgan fingerprint density at radius 3 is 2.26 bits per heavy atom. The first-order valence-corrected chi connectivity index (χ1v) is 11.4. The number of hydrogen-bond acceptors (Lipinski definition) is 7. The first-order valence-electron chi connectivity index (χ1n) is 11.4. The van der Waals surface area contributed by atoms with Gasteiger partial charge in [0.05, 0.1) is 12.1 Å². The fraction of sp³-hybridized carbons (Fsp3) is 0.185. The van der Waals surface area contributed by atoms with E-state index in [1.807, 2.05) is 30.3 Å². The maximum absolute atomic E-state index is 12.5. The molecular formula is C27H23F3N4O4. The largest absolute Gasteiger partial charge is 0.573 e. The van der Waals surface area contributed by atoms with Crippen molar-refractivity contribution in [3.05, 3.63) is 102 Å². The highest BCUT2D eigenvalue weighted by atomic mass is 19.4. The highest BCUT2D eigenvalue weighted by molar-refractivity contribution is 5.70. The minimum absolute atomic E-state index is 0.00417. The summed E-state index contributed by atoms with van der Waals surface area (Å²) in [6, 6.07) is 19.4. The van der Waals surface area contributed by atoms with Crippen molar-refractivity contribution < 1.29 is 32.5 Å². The topological polar surface area (TPSA) is 106 Å². The first-order chi connectivity index (χ1) is 18.1. The lowest BCUT2D eigenvalue weighted by atomic mass is 9.76. The van der Waals surface area contributed by atoms with E-state index in [1.54, 1.807) is 31.3 Å². The second-order valence-electron chi connectivity index (χ2n) is 8.51. The Hall–Kier alpha value is -4.67. The van der Waals surface area contributed by atoms with E-state index in [9.17, 15) is 23.1 Å². The van der Waals surface area contributed by atoms with Crippen molar-refractivity contribution >= 4 is 11.8 Å². The standard InChI is InChI=1S/C27H23F3N4O4/c1-26(16-24(35)36,19-7-11-21(12-8-19)38-27(28,29)30)22-13-15-32-25(34-22)37-20-9-5-18(6-10-20)17-33-23-4-2-3-14-31-23/h2-15H,16-17H2,1H3,(H,31,33)(H,35,36). The van der Waals surface area contributed by atoms with Crippen molar-refractivity contribution in [2.24, 2.45) is 0 Å². The molecule has 38 heavy (non-hydrogen) atoms. The average molecular weight is 524 g/mol. The molecule has 0 aliphatic heterocycles. The van der Waals surface area contributed by atoms with Gasteiger partial charge in [0.1, 0.15) is 17.3 Å². The van der Waals surface area contributed by atoms with Crippen LogP contribution in [0.25, 0.3) is 0 Å². The van der Waals surface area contributed by atoms with Crippen LogP contribution in [0.3, 0.4) is 0 Å². The summed E-state index contributed by atoms with van der Waals surface area (Å²) in [7, 11) is 0. The quantitative estimate of drug-likeness (QED) is 0.262. The number of alkyl halides is 3. The Morgan fingerprint density at radius 1 is 0.921 bits per heavy atom. The molecule has 11 heteroatoms. The zero-order valence-electron chi connectivity index (χ0n) is 20.1. The normalized spacial score (nSPS) is 12.8. The number of aromatic nitrogens is 3. The van der Waals surface area contributed by atoms with Gasteiger partial charge in [-0.05, 0) is 60.5 Å². The molecule has 0 aliphatic carbocycles. The molecule has 196 valence electrons. The van der Waals surface area contributed by atoms with Crippen LogP contribution in [0, 0.1) is 0 Å². The van der Waals surface area contributed by atoms with Gasteiger partial charge >= 0.3 is 18.3 Å². The molecular weight excluding hydrogens is 501 g/mol. The molecule has 0 radical (unpaired) electrons. The Morgan fingerprint density at radius 2 is 1.63 bits per heavy atom. The smallest absolute Gasteiger partial charge is 0.481 e. The summed E-state index contributed by atoms with van der Waals surface area (Å²) in [5.74, 6) is -0.300. The minimum Gasteiger partial charge on any atom is -0.481 e. The number of carbonyl (C=O) groups is 1. The van der Waals surface area contributed by atoms with E-state index in [1.165, 1.54) is 18.3 Å². The lowest BCUT2D eigenvalue weighted by Crippen LogP contribution is -2.28. The van der Waals surface area contributed by atoms with Crippen molar-refractivity contribution in [1.82, 2.24) is 15.0 Å². The Kier molecular flexibility index (Phi) is 7.75. The number of hydrogen-bond donors (Lipinski definition) is 2. The molecule has 2 aromatic carbocycles. The number of anilines is 1. The molecule has 2 aromatic heterocycles. The summed E-state index contributed by atoms with van der Waals surface area (Å²) in [5, 5.41) is 12.8. The number of halogens is 3. The molecule has 0 bridgehead atoms. The van der Waals surface area contributed by atoms with Crippen LogP contribution in [0.15, 0.2) is 85.2 Å². The second-order valence-corrected chi connectivity index (χ2v) is 8.51. The molecule has 2 N–H and O–H groups in total. The van der Waals surface area contributed by atoms with Gasteiger partial charge in [0.15, 0.2) is 0 Å². The fourth-order valence-corrected chi connectivity index (χ4v) is 3.81. The molecule has 0 amide bonds. The SMILES string of the molecule is CC(CC(=O)O)(c1ccc(OC(F)(F)F)cc1)c1ccnc(Oc2ccc(CNc3ccccn3)cc2)n1. The average Bonchev–Trinajstić information content (AvgIpc) is 2.88. The summed E-state index contributed by atoms with van der Waals surface area (Å²) in [5.41, 5.74) is 0.559. The van der Waals surface area contributed by atoms with Gasteiger partial charge in [-0.15, -0.1) is 13.2 Å². The zero-order chi connectivity index (χ0) is 27.2. The summed E-state index contributed by atoms with van der Waals surface area (Å²) in [6.45, 7) is 2.19. The lowest BCUT2D eigenvalue weighted by Gasteiger charge is -2.28. The third kappa shape index (κ3) is 6.96. The van der Waals surface area contributed by atoms with Crippen molar-refractivity contribution in [3.63, 3.8) is 0 Å². The molecule has 8 nitrogen and oxygen atoms in total. The number of aliphatic carboxylic acids is 1. The third-order valence-electron chi connectivity index (χ3n) is 5.70. The van der Waals surface area contributed by atoms with Crippen LogP contribution in [0.5, 0.6) is 17.5 Å². The van der Waals surface area contributed by atoms with Gasteiger partial charge in [0, 0.05) is 24.4 Å². The van der Waals surface area contributed by atoms with E-state index in [2.05, 4.69) is 25.0 Å². The zero-order valence-corrected chi connectivity index (χ0v) is 20.1.